The van der Waals surface area contributed by atoms with Gasteiger partial charge in [-0.1, -0.05) is 18.2 Å². The fraction of sp³-hybridized carbons (Fsp3) is 0.417. The highest BCUT2D eigenvalue weighted by Gasteiger charge is 2.29. The van der Waals surface area contributed by atoms with Crippen LogP contribution in [0.15, 0.2) is 18.2 Å². The highest BCUT2D eigenvalue weighted by molar-refractivity contribution is 6.62. The lowest BCUT2D eigenvalue weighted by Crippen LogP contribution is -2.31. The molecule has 1 aliphatic rings. The van der Waals surface area contributed by atoms with Crippen molar-refractivity contribution in [3.63, 3.8) is 0 Å². The summed E-state index contributed by atoms with van der Waals surface area (Å²) in [7, 11) is -0.858. The third-order valence-corrected chi connectivity index (χ3v) is 2.83. The van der Waals surface area contributed by atoms with Crippen LogP contribution in [0.25, 0.3) is 0 Å². The van der Waals surface area contributed by atoms with Crippen LogP contribution in [0.2, 0.25) is 0 Å². The molecule has 0 atom stereocenters. The van der Waals surface area contributed by atoms with Gasteiger partial charge in [-0.15, -0.1) is 0 Å². The molecular formula is C12H15BO4. The van der Waals surface area contributed by atoms with Gasteiger partial charge >= 0.3 is 13.1 Å². The maximum Gasteiger partial charge on any atom is 0.492 e. The average Bonchev–Trinajstić information content (AvgIpc) is 2.70. The zero-order valence-electron chi connectivity index (χ0n) is 9.81. The lowest BCUT2D eigenvalue weighted by atomic mass is 9.76. The van der Waals surface area contributed by atoms with Crippen LogP contribution < -0.4 is 5.46 Å². The Balaban J connectivity index is 2.07. The molecule has 2 rings (SSSR count). The maximum atomic E-state index is 11.3. The number of esters is 1. The molecule has 1 aromatic carbocycles. The van der Waals surface area contributed by atoms with Crippen molar-refractivity contribution >= 4 is 18.6 Å². The molecule has 0 unspecified atom stereocenters. The second-order valence-corrected chi connectivity index (χ2v) is 3.96. The predicted molar refractivity (Wildman–Crippen MR) is 63.8 cm³/mol. The van der Waals surface area contributed by atoms with Gasteiger partial charge in [0.1, 0.15) is 0 Å². The maximum absolute atomic E-state index is 11.3. The van der Waals surface area contributed by atoms with Gasteiger partial charge in [-0.2, -0.15) is 0 Å². The number of rotatable bonds is 4. The van der Waals surface area contributed by atoms with Crippen molar-refractivity contribution in [2.45, 2.75) is 26.4 Å². The number of ether oxygens (including phenoxy) is 1. The summed E-state index contributed by atoms with van der Waals surface area (Å²) >= 11 is 0. The van der Waals surface area contributed by atoms with Crippen molar-refractivity contribution in [1.82, 2.24) is 0 Å². The molecule has 0 radical (unpaired) electrons. The Morgan fingerprint density at radius 1 is 1.59 bits per heavy atom. The molecule has 0 saturated heterocycles. The minimum atomic E-state index is -0.858. The highest BCUT2D eigenvalue weighted by Crippen LogP contribution is 2.14. The molecule has 17 heavy (non-hydrogen) atoms. The SMILES string of the molecule is CCOC(=O)CCc1cccc2c1B(O)O[14CH2]2. The number of fused-ring (bicyclic) bond motifs is 1. The Morgan fingerprint density at radius 3 is 3.18 bits per heavy atom. The first-order valence-electron chi connectivity index (χ1n) is 5.78. The van der Waals surface area contributed by atoms with E-state index in [0.29, 0.717) is 26.1 Å². The minimum absolute atomic E-state index is 0.210. The van der Waals surface area contributed by atoms with Crippen LogP contribution in [0.3, 0.4) is 0 Å². The van der Waals surface area contributed by atoms with Gasteiger partial charge < -0.3 is 14.4 Å². The quantitative estimate of drug-likeness (QED) is 0.607. The predicted octanol–water partition coefficient (Wildman–Crippen LogP) is 0.400. The van der Waals surface area contributed by atoms with Gasteiger partial charge in [0, 0.05) is 6.42 Å². The number of hydrogen-bond donors (Lipinski definition) is 1. The zero-order valence-corrected chi connectivity index (χ0v) is 9.81. The lowest BCUT2D eigenvalue weighted by molar-refractivity contribution is -0.143. The molecule has 1 aromatic rings. The smallest absolute Gasteiger partial charge is 0.466 e. The van der Waals surface area contributed by atoms with Gasteiger partial charge in [0.15, 0.2) is 0 Å². The number of hydrogen-bond acceptors (Lipinski definition) is 4. The van der Waals surface area contributed by atoms with E-state index < -0.39 is 7.12 Å². The topological polar surface area (TPSA) is 55.8 Å². The van der Waals surface area contributed by atoms with Crippen molar-refractivity contribution in [3.05, 3.63) is 29.3 Å². The van der Waals surface area contributed by atoms with E-state index in [9.17, 15) is 9.82 Å². The standard InChI is InChI=1S/C12H15BO4/c1-2-16-11(14)7-6-9-4-3-5-10-8-17-13(15)12(9)10/h3-5,15H,2,6-8H2,1H3/i8+2. The van der Waals surface area contributed by atoms with Gasteiger partial charge in [-0.25, -0.2) is 0 Å². The van der Waals surface area contributed by atoms with Crippen molar-refractivity contribution in [2.75, 3.05) is 6.61 Å². The summed E-state index contributed by atoms with van der Waals surface area (Å²) in [5.74, 6) is -0.210. The summed E-state index contributed by atoms with van der Waals surface area (Å²) in [6, 6.07) is 5.76. The van der Waals surface area contributed by atoms with E-state index in [4.69, 9.17) is 9.39 Å². The number of carbonyl (C=O) groups is 1. The van der Waals surface area contributed by atoms with Gasteiger partial charge in [0.2, 0.25) is 0 Å². The summed E-state index contributed by atoms with van der Waals surface area (Å²) in [6.07, 6.45) is 0.902. The van der Waals surface area contributed by atoms with Crippen molar-refractivity contribution in [1.29, 1.82) is 0 Å². The molecule has 1 heterocycles. The van der Waals surface area contributed by atoms with E-state index in [2.05, 4.69) is 0 Å². The molecule has 0 saturated carbocycles. The van der Waals surface area contributed by atoms with E-state index in [1.54, 1.807) is 6.92 Å². The molecule has 0 bridgehead atoms. The molecule has 0 spiro atoms. The van der Waals surface area contributed by atoms with Crippen LogP contribution in [0, 0.1) is 0 Å². The van der Waals surface area contributed by atoms with Gasteiger partial charge in [0.05, 0.1) is 13.2 Å². The number of aryl methyl sites for hydroxylation is 1. The molecule has 1 aliphatic heterocycles. The monoisotopic (exact) mass is 236 g/mol. The van der Waals surface area contributed by atoms with E-state index >= 15 is 0 Å². The first-order chi connectivity index (χ1) is 8.22. The van der Waals surface area contributed by atoms with Crippen molar-refractivity contribution < 1.29 is 19.2 Å². The fourth-order valence-electron chi connectivity index (χ4n) is 2.05. The minimum Gasteiger partial charge on any atom is -0.466 e. The van der Waals surface area contributed by atoms with Crippen molar-refractivity contribution in [3.8, 4) is 0 Å². The second-order valence-electron chi connectivity index (χ2n) is 3.96. The van der Waals surface area contributed by atoms with Gasteiger partial charge in [0.25, 0.3) is 0 Å². The molecule has 0 aromatic heterocycles. The Bertz CT molecular complexity index is 419. The van der Waals surface area contributed by atoms with E-state index in [0.717, 1.165) is 16.6 Å². The normalized spacial score (nSPS) is 13.6. The second kappa shape index (κ2) is 5.34. The Labute approximate surface area is 101 Å². The van der Waals surface area contributed by atoms with E-state index in [1.165, 1.54) is 0 Å². The molecule has 5 heteroatoms. The first-order valence-corrected chi connectivity index (χ1v) is 5.78. The Kier molecular flexibility index (Phi) is 3.81. The van der Waals surface area contributed by atoms with Crippen LogP contribution in [-0.2, 0) is 27.2 Å². The molecule has 0 aliphatic carbocycles. The van der Waals surface area contributed by atoms with Gasteiger partial charge in [-0.3, -0.25) is 4.79 Å². The van der Waals surface area contributed by atoms with Crippen LogP contribution >= 0.6 is 0 Å². The third kappa shape index (κ3) is 2.68. The molecule has 1 N–H and O–H groups in total. The average molecular weight is 236 g/mol. The van der Waals surface area contributed by atoms with Crippen LogP contribution in [0.1, 0.15) is 24.5 Å². The van der Waals surface area contributed by atoms with Gasteiger partial charge in [-0.05, 0) is 29.9 Å². The third-order valence-electron chi connectivity index (χ3n) is 2.83. The molecular weight excluding hydrogens is 221 g/mol. The number of benzene rings is 1. The summed E-state index contributed by atoms with van der Waals surface area (Å²) in [5.41, 5.74) is 2.77. The summed E-state index contributed by atoms with van der Waals surface area (Å²) in [5, 5.41) is 9.69. The molecule has 90 valence electrons. The molecule has 0 fully saturated rings. The lowest BCUT2D eigenvalue weighted by Gasteiger charge is -2.07. The van der Waals surface area contributed by atoms with E-state index in [1.807, 2.05) is 18.2 Å². The highest BCUT2D eigenvalue weighted by atomic mass is 16.7. The largest absolute Gasteiger partial charge is 0.492 e. The van der Waals surface area contributed by atoms with Crippen LogP contribution in [0.4, 0.5) is 0 Å². The number of carbonyl (C=O) groups excluding carboxylic acids is 1. The molecule has 4 nitrogen and oxygen atoms in total. The Morgan fingerprint density at radius 2 is 2.41 bits per heavy atom. The van der Waals surface area contributed by atoms with E-state index in [-0.39, 0.29) is 5.97 Å². The van der Waals surface area contributed by atoms with Crippen LogP contribution in [-0.4, -0.2) is 24.7 Å². The van der Waals surface area contributed by atoms with Crippen molar-refractivity contribution in [2.24, 2.45) is 0 Å². The summed E-state index contributed by atoms with van der Waals surface area (Å²) in [6.45, 7) is 2.62. The zero-order chi connectivity index (χ0) is 12.3. The fourth-order valence-corrected chi connectivity index (χ4v) is 2.05. The first kappa shape index (κ1) is 12.1. The summed E-state index contributed by atoms with van der Waals surface area (Å²) < 4.78 is 10.0. The molecule has 0 amide bonds. The van der Waals surface area contributed by atoms with Crippen LogP contribution in [0.5, 0.6) is 0 Å². The Hall–Kier alpha value is -1.33. The summed E-state index contributed by atoms with van der Waals surface area (Å²) in [4.78, 5) is 11.3.